The molecule has 1 aromatic heterocycles. The molecule has 0 bridgehead atoms. The van der Waals surface area contributed by atoms with E-state index in [-0.39, 0.29) is 0 Å². The normalized spacial score (nSPS) is 12.8. The Balaban J connectivity index is 2.98. The third kappa shape index (κ3) is 2.09. The van der Waals surface area contributed by atoms with Gasteiger partial charge in [-0.2, -0.15) is 5.10 Å². The third-order valence-electron chi connectivity index (χ3n) is 1.85. The molecule has 0 aromatic carbocycles. The van der Waals surface area contributed by atoms with Crippen molar-refractivity contribution in [2.75, 3.05) is 0 Å². The summed E-state index contributed by atoms with van der Waals surface area (Å²) in [6.45, 7) is 3.65. The molecular formula is C8H11BrN2O2. The number of aliphatic carboxylic acids is 1. The van der Waals surface area contributed by atoms with Crippen LogP contribution in [0.2, 0.25) is 0 Å². The number of hydrogen-bond donors (Lipinski definition) is 1. The maximum absolute atomic E-state index is 10.8. The van der Waals surface area contributed by atoms with Gasteiger partial charge < -0.3 is 5.11 Å². The van der Waals surface area contributed by atoms with E-state index in [4.69, 9.17) is 5.11 Å². The minimum Gasteiger partial charge on any atom is -0.480 e. The summed E-state index contributed by atoms with van der Waals surface area (Å²) in [5, 5.41) is 12.9. The number of carboxylic acid groups (broad SMARTS) is 1. The van der Waals surface area contributed by atoms with E-state index in [1.807, 2.05) is 13.8 Å². The molecule has 0 aliphatic carbocycles. The second kappa shape index (κ2) is 3.91. The van der Waals surface area contributed by atoms with Crippen LogP contribution in [-0.4, -0.2) is 20.9 Å². The quantitative estimate of drug-likeness (QED) is 0.888. The molecule has 0 radical (unpaired) electrons. The van der Waals surface area contributed by atoms with Crippen molar-refractivity contribution in [1.82, 2.24) is 9.78 Å². The lowest BCUT2D eigenvalue weighted by Gasteiger charge is -2.09. The number of hydrogen-bond acceptors (Lipinski definition) is 2. The smallest absolute Gasteiger partial charge is 0.328 e. The predicted molar refractivity (Wildman–Crippen MR) is 51.6 cm³/mol. The van der Waals surface area contributed by atoms with E-state index in [1.54, 1.807) is 6.20 Å². The van der Waals surface area contributed by atoms with Gasteiger partial charge in [-0.15, -0.1) is 0 Å². The summed E-state index contributed by atoms with van der Waals surface area (Å²) in [6.07, 6.45) is 2.22. The van der Waals surface area contributed by atoms with E-state index in [0.717, 1.165) is 10.2 Å². The Morgan fingerprint density at radius 3 is 2.77 bits per heavy atom. The van der Waals surface area contributed by atoms with Crippen molar-refractivity contribution < 1.29 is 9.90 Å². The molecule has 72 valence electrons. The van der Waals surface area contributed by atoms with Crippen LogP contribution in [0.5, 0.6) is 0 Å². The van der Waals surface area contributed by atoms with Crippen LogP contribution in [0, 0.1) is 6.92 Å². The molecule has 5 heteroatoms. The highest BCUT2D eigenvalue weighted by atomic mass is 79.9. The van der Waals surface area contributed by atoms with Gasteiger partial charge in [-0.3, -0.25) is 4.68 Å². The fourth-order valence-electron chi connectivity index (χ4n) is 1.09. The first kappa shape index (κ1) is 10.2. The van der Waals surface area contributed by atoms with Crippen molar-refractivity contribution in [1.29, 1.82) is 0 Å². The van der Waals surface area contributed by atoms with Gasteiger partial charge >= 0.3 is 5.97 Å². The first-order chi connectivity index (χ1) is 6.06. The third-order valence-corrected chi connectivity index (χ3v) is 2.63. The molecule has 1 rings (SSSR count). The standard InChI is InChI=1S/C8H11BrN2O2/c1-3-7(8(12)13)11-4-6(9)5(2)10-11/h4,7H,3H2,1-2H3,(H,12,13). The van der Waals surface area contributed by atoms with Gasteiger partial charge in [-0.1, -0.05) is 6.92 Å². The molecule has 0 spiro atoms. The zero-order chi connectivity index (χ0) is 10.0. The number of halogens is 1. The lowest BCUT2D eigenvalue weighted by atomic mass is 10.2. The summed E-state index contributed by atoms with van der Waals surface area (Å²) in [5.74, 6) is -0.850. The van der Waals surface area contributed by atoms with Gasteiger partial charge in [0, 0.05) is 6.20 Å². The Labute approximate surface area is 84.7 Å². The summed E-state index contributed by atoms with van der Waals surface area (Å²) in [7, 11) is 0. The van der Waals surface area contributed by atoms with Crippen LogP contribution in [-0.2, 0) is 4.79 Å². The van der Waals surface area contributed by atoms with Gasteiger partial charge in [0.15, 0.2) is 0 Å². The van der Waals surface area contributed by atoms with Crippen LogP contribution >= 0.6 is 15.9 Å². The van der Waals surface area contributed by atoms with Crippen LogP contribution in [0.25, 0.3) is 0 Å². The average molecular weight is 247 g/mol. The van der Waals surface area contributed by atoms with E-state index in [0.29, 0.717) is 6.42 Å². The molecular weight excluding hydrogens is 236 g/mol. The van der Waals surface area contributed by atoms with E-state index in [1.165, 1.54) is 4.68 Å². The van der Waals surface area contributed by atoms with Crippen molar-refractivity contribution in [3.63, 3.8) is 0 Å². The highest BCUT2D eigenvalue weighted by Gasteiger charge is 2.18. The second-order valence-electron chi connectivity index (χ2n) is 2.80. The summed E-state index contributed by atoms with van der Waals surface area (Å²) in [4.78, 5) is 10.8. The Hall–Kier alpha value is -0.840. The molecule has 1 heterocycles. The molecule has 1 N–H and O–H groups in total. The number of carboxylic acids is 1. The van der Waals surface area contributed by atoms with Crippen LogP contribution < -0.4 is 0 Å². The molecule has 1 aromatic rings. The molecule has 0 amide bonds. The fraction of sp³-hybridized carbons (Fsp3) is 0.500. The maximum Gasteiger partial charge on any atom is 0.328 e. The minimum absolute atomic E-state index is 0.531. The fourth-order valence-corrected chi connectivity index (χ4v) is 1.38. The van der Waals surface area contributed by atoms with E-state index < -0.39 is 12.0 Å². The maximum atomic E-state index is 10.8. The molecule has 0 saturated heterocycles. The topological polar surface area (TPSA) is 55.1 Å². The molecule has 13 heavy (non-hydrogen) atoms. The first-order valence-corrected chi connectivity index (χ1v) is 4.79. The average Bonchev–Trinajstić information content (AvgIpc) is 2.32. The Kier molecular flexibility index (Phi) is 3.08. The van der Waals surface area contributed by atoms with Crippen LogP contribution in [0.4, 0.5) is 0 Å². The minimum atomic E-state index is -0.850. The van der Waals surface area contributed by atoms with E-state index in [2.05, 4.69) is 21.0 Å². The van der Waals surface area contributed by atoms with Crippen molar-refractivity contribution in [3.05, 3.63) is 16.4 Å². The van der Waals surface area contributed by atoms with Gasteiger partial charge in [0.05, 0.1) is 10.2 Å². The monoisotopic (exact) mass is 246 g/mol. The zero-order valence-corrected chi connectivity index (χ0v) is 9.08. The molecule has 1 atom stereocenters. The second-order valence-corrected chi connectivity index (χ2v) is 3.66. The van der Waals surface area contributed by atoms with Crippen molar-refractivity contribution in [3.8, 4) is 0 Å². The first-order valence-electron chi connectivity index (χ1n) is 4.00. The molecule has 4 nitrogen and oxygen atoms in total. The summed E-state index contributed by atoms with van der Waals surface area (Å²) in [6, 6.07) is -0.565. The summed E-state index contributed by atoms with van der Waals surface area (Å²) < 4.78 is 2.31. The van der Waals surface area contributed by atoms with Gasteiger partial charge in [-0.05, 0) is 29.3 Å². The molecule has 1 unspecified atom stereocenters. The van der Waals surface area contributed by atoms with Crippen LogP contribution in [0.3, 0.4) is 0 Å². The highest BCUT2D eigenvalue weighted by Crippen LogP contribution is 2.18. The molecule has 0 aliphatic rings. The number of carbonyl (C=O) groups is 1. The number of rotatable bonds is 3. The molecule has 0 fully saturated rings. The zero-order valence-electron chi connectivity index (χ0n) is 7.49. The number of nitrogens with zero attached hydrogens (tertiary/aromatic N) is 2. The Morgan fingerprint density at radius 1 is 1.85 bits per heavy atom. The van der Waals surface area contributed by atoms with Gasteiger partial charge in [0.2, 0.25) is 0 Å². The summed E-state index contributed by atoms with van der Waals surface area (Å²) >= 11 is 3.29. The Morgan fingerprint density at radius 2 is 2.46 bits per heavy atom. The molecule has 0 aliphatic heterocycles. The van der Waals surface area contributed by atoms with Crippen molar-refractivity contribution >= 4 is 21.9 Å². The van der Waals surface area contributed by atoms with E-state index >= 15 is 0 Å². The lowest BCUT2D eigenvalue weighted by Crippen LogP contribution is -2.18. The Bertz CT molecular complexity index is 302. The highest BCUT2D eigenvalue weighted by molar-refractivity contribution is 9.10. The number of aryl methyl sites for hydroxylation is 1. The summed E-state index contributed by atoms with van der Waals surface area (Å²) in [5.41, 5.74) is 0.805. The SMILES string of the molecule is CCC(C(=O)O)n1cc(Br)c(C)n1. The largest absolute Gasteiger partial charge is 0.480 e. The number of aromatic nitrogens is 2. The van der Waals surface area contributed by atoms with Crippen molar-refractivity contribution in [2.24, 2.45) is 0 Å². The van der Waals surface area contributed by atoms with Gasteiger partial charge in [0.25, 0.3) is 0 Å². The predicted octanol–water partition coefficient (Wildman–Crippen LogP) is 1.99. The van der Waals surface area contributed by atoms with Crippen LogP contribution in [0.15, 0.2) is 10.7 Å². The lowest BCUT2D eigenvalue weighted by molar-refractivity contribution is -0.141. The van der Waals surface area contributed by atoms with E-state index in [9.17, 15) is 4.79 Å². The van der Waals surface area contributed by atoms with Crippen molar-refractivity contribution in [2.45, 2.75) is 26.3 Å². The molecule has 0 saturated carbocycles. The van der Waals surface area contributed by atoms with Crippen LogP contribution in [0.1, 0.15) is 25.1 Å². The van der Waals surface area contributed by atoms with Gasteiger partial charge in [-0.25, -0.2) is 4.79 Å². The van der Waals surface area contributed by atoms with Gasteiger partial charge in [0.1, 0.15) is 6.04 Å².